The van der Waals surface area contributed by atoms with Crippen LogP contribution < -0.4 is 0 Å². The Hall–Kier alpha value is 0.0969. The van der Waals surface area contributed by atoms with Gasteiger partial charge in [-0.05, 0) is 25.6 Å². The first kappa shape index (κ1) is 8.20. The van der Waals surface area contributed by atoms with E-state index in [-0.39, 0.29) is 0 Å². The van der Waals surface area contributed by atoms with Gasteiger partial charge in [0.15, 0.2) is 14.6 Å². The van der Waals surface area contributed by atoms with Crippen molar-refractivity contribution in [3.8, 4) is 0 Å². The molecule has 1 saturated heterocycles. The maximum atomic E-state index is 9.08. The van der Waals surface area contributed by atoms with Gasteiger partial charge < -0.3 is 14.6 Å². The molecule has 0 aromatic rings. The first-order chi connectivity index (χ1) is 4.51. The van der Waals surface area contributed by atoms with Crippen molar-refractivity contribution in [2.75, 3.05) is 0 Å². The predicted octanol–water partition coefficient (Wildman–Crippen LogP) is 0.291. The third-order valence-electron chi connectivity index (χ3n) is 1.81. The summed E-state index contributed by atoms with van der Waals surface area (Å²) in [5, 5.41) is 18.1. The molecule has 2 atom stereocenters. The zero-order chi connectivity index (χ0) is 7.78. The lowest BCUT2D eigenvalue weighted by Gasteiger charge is -2.34. The Kier molecular flexibility index (Phi) is 2.14. The Morgan fingerprint density at radius 3 is 2.40 bits per heavy atom. The number of aliphatic hydroxyl groups excluding tert-OH is 2. The van der Waals surface area contributed by atoms with Crippen LogP contribution in [0.15, 0.2) is 0 Å². The van der Waals surface area contributed by atoms with Gasteiger partial charge in [0.05, 0.1) is 0 Å². The maximum Gasteiger partial charge on any atom is 0.190 e. The topological polar surface area (TPSA) is 49.7 Å². The van der Waals surface area contributed by atoms with Gasteiger partial charge in [-0.25, -0.2) is 0 Å². The third kappa shape index (κ3) is 1.79. The van der Waals surface area contributed by atoms with Crippen LogP contribution in [0.25, 0.3) is 0 Å². The minimum Gasteiger partial charge on any atom is -0.391 e. The van der Waals surface area contributed by atoms with E-state index in [1.807, 2.05) is 13.1 Å². The second-order valence-corrected chi connectivity index (χ2v) is 7.63. The molecule has 3 nitrogen and oxygen atoms in total. The molecule has 2 unspecified atom stereocenters. The van der Waals surface area contributed by atoms with Crippen LogP contribution >= 0.6 is 0 Å². The Morgan fingerprint density at radius 2 is 2.00 bits per heavy atom. The van der Waals surface area contributed by atoms with Gasteiger partial charge in [0.1, 0.15) is 6.10 Å². The van der Waals surface area contributed by atoms with Gasteiger partial charge in [-0.3, -0.25) is 0 Å². The van der Waals surface area contributed by atoms with Crippen LogP contribution in [-0.4, -0.2) is 30.9 Å². The van der Waals surface area contributed by atoms with Crippen molar-refractivity contribution in [2.45, 2.75) is 38.0 Å². The van der Waals surface area contributed by atoms with Crippen LogP contribution in [0.5, 0.6) is 0 Å². The molecular formula is C6H14O3Si. The second-order valence-electron chi connectivity index (χ2n) is 3.37. The lowest BCUT2D eigenvalue weighted by atomic mass is 10.3. The van der Waals surface area contributed by atoms with Crippen molar-refractivity contribution >= 4 is 8.32 Å². The molecule has 0 aromatic carbocycles. The molecule has 0 aromatic heterocycles. The first-order valence-electron chi connectivity index (χ1n) is 3.55. The molecule has 1 rings (SSSR count). The molecule has 1 aliphatic heterocycles. The third-order valence-corrected chi connectivity index (χ3v) is 4.18. The molecule has 1 aliphatic rings. The van der Waals surface area contributed by atoms with Crippen molar-refractivity contribution in [1.29, 1.82) is 0 Å². The fraction of sp³-hybridized carbons (Fsp3) is 1.00. The molecule has 0 aliphatic carbocycles. The Morgan fingerprint density at radius 1 is 1.40 bits per heavy atom. The summed E-state index contributed by atoms with van der Waals surface area (Å²) in [6.45, 7) is 4.09. The highest BCUT2D eigenvalue weighted by atomic mass is 28.4. The smallest absolute Gasteiger partial charge is 0.190 e. The predicted molar refractivity (Wildman–Crippen MR) is 40.0 cm³/mol. The van der Waals surface area contributed by atoms with E-state index in [1.165, 1.54) is 0 Å². The van der Waals surface area contributed by atoms with Gasteiger partial charge in [0.25, 0.3) is 0 Å². The van der Waals surface area contributed by atoms with Crippen LogP contribution in [0.1, 0.15) is 6.42 Å². The van der Waals surface area contributed by atoms with Gasteiger partial charge >= 0.3 is 0 Å². The fourth-order valence-corrected chi connectivity index (χ4v) is 3.02. The van der Waals surface area contributed by atoms with E-state index in [2.05, 4.69) is 0 Å². The zero-order valence-electron chi connectivity index (χ0n) is 6.37. The maximum absolute atomic E-state index is 9.08. The van der Waals surface area contributed by atoms with E-state index >= 15 is 0 Å². The lowest BCUT2D eigenvalue weighted by Crippen LogP contribution is -2.46. The van der Waals surface area contributed by atoms with Crippen LogP contribution in [0, 0.1) is 0 Å². The zero-order valence-corrected chi connectivity index (χ0v) is 7.37. The van der Waals surface area contributed by atoms with E-state index < -0.39 is 20.7 Å². The van der Waals surface area contributed by atoms with E-state index in [0.29, 0.717) is 6.42 Å². The number of hydrogen-bond donors (Lipinski definition) is 2. The van der Waals surface area contributed by atoms with Crippen LogP contribution in [0.4, 0.5) is 0 Å². The monoisotopic (exact) mass is 162 g/mol. The van der Waals surface area contributed by atoms with Crippen LogP contribution in [-0.2, 0) is 4.43 Å². The molecule has 1 heterocycles. The standard InChI is InChI=1S/C6H14O3Si/c1-10(2)4-3-5(7)6(8)9-10/h5-8H,3-4H2,1-2H3. The lowest BCUT2D eigenvalue weighted by molar-refractivity contribution is -0.121. The van der Waals surface area contributed by atoms with Crippen molar-refractivity contribution in [3.05, 3.63) is 0 Å². The summed E-state index contributed by atoms with van der Waals surface area (Å²) < 4.78 is 5.23. The summed E-state index contributed by atoms with van der Waals surface area (Å²) in [5.41, 5.74) is 0. The minimum atomic E-state index is -1.61. The molecule has 0 amide bonds. The normalized spacial score (nSPS) is 39.6. The van der Waals surface area contributed by atoms with E-state index in [1.54, 1.807) is 0 Å². The number of hydrogen-bond acceptors (Lipinski definition) is 3. The van der Waals surface area contributed by atoms with Gasteiger partial charge in [0, 0.05) is 0 Å². The highest BCUT2D eigenvalue weighted by Gasteiger charge is 2.35. The quantitative estimate of drug-likeness (QED) is 0.503. The highest BCUT2D eigenvalue weighted by Crippen LogP contribution is 2.24. The average Bonchev–Trinajstić information content (AvgIpc) is 1.79. The molecule has 1 fully saturated rings. The summed E-state index contributed by atoms with van der Waals surface area (Å²) >= 11 is 0. The molecular weight excluding hydrogens is 148 g/mol. The number of rotatable bonds is 0. The van der Waals surface area contributed by atoms with E-state index in [4.69, 9.17) is 14.6 Å². The molecule has 2 N–H and O–H groups in total. The van der Waals surface area contributed by atoms with Crippen LogP contribution in [0.2, 0.25) is 19.1 Å². The summed E-state index contributed by atoms with van der Waals surface area (Å²) in [6.07, 6.45) is -0.920. The Bertz CT molecular complexity index is 126. The number of aliphatic hydroxyl groups is 2. The molecule has 0 spiro atoms. The second kappa shape index (κ2) is 2.62. The largest absolute Gasteiger partial charge is 0.391 e. The minimum absolute atomic E-state index is 0.666. The van der Waals surface area contributed by atoms with E-state index in [9.17, 15) is 0 Å². The van der Waals surface area contributed by atoms with Gasteiger partial charge in [-0.15, -0.1) is 0 Å². The molecule has 10 heavy (non-hydrogen) atoms. The van der Waals surface area contributed by atoms with E-state index in [0.717, 1.165) is 6.04 Å². The van der Waals surface area contributed by atoms with Crippen molar-refractivity contribution in [3.63, 3.8) is 0 Å². The molecule has 0 saturated carbocycles. The SMILES string of the molecule is C[Si]1(C)CCC(O)C(O)O1. The van der Waals surface area contributed by atoms with Gasteiger partial charge in [-0.2, -0.15) is 0 Å². The molecule has 60 valence electrons. The van der Waals surface area contributed by atoms with Crippen LogP contribution in [0.3, 0.4) is 0 Å². The van der Waals surface area contributed by atoms with Crippen molar-refractivity contribution in [1.82, 2.24) is 0 Å². The summed E-state index contributed by atoms with van der Waals surface area (Å²) in [4.78, 5) is 0. The summed E-state index contributed by atoms with van der Waals surface area (Å²) in [5.74, 6) is 0. The molecule has 0 bridgehead atoms. The summed E-state index contributed by atoms with van der Waals surface area (Å²) in [6, 6.07) is 0.936. The molecule has 4 heteroatoms. The average molecular weight is 162 g/mol. The van der Waals surface area contributed by atoms with Gasteiger partial charge in [0.2, 0.25) is 0 Å². The van der Waals surface area contributed by atoms with Crippen molar-refractivity contribution in [2.24, 2.45) is 0 Å². The van der Waals surface area contributed by atoms with Gasteiger partial charge in [-0.1, -0.05) is 0 Å². The summed E-state index contributed by atoms with van der Waals surface area (Å²) in [7, 11) is -1.61. The molecule has 0 radical (unpaired) electrons. The Labute approximate surface area is 61.8 Å². The Balaban J connectivity index is 2.49. The van der Waals surface area contributed by atoms with Crippen molar-refractivity contribution < 1.29 is 14.6 Å². The fourth-order valence-electron chi connectivity index (χ4n) is 1.10. The highest BCUT2D eigenvalue weighted by molar-refractivity contribution is 6.71. The first-order valence-corrected chi connectivity index (χ1v) is 6.67.